The molecule has 0 spiro atoms. The van der Waals surface area contributed by atoms with Gasteiger partial charge in [-0.25, -0.2) is 0 Å². The molecule has 2 aliphatic carbocycles. The van der Waals surface area contributed by atoms with E-state index >= 15 is 0 Å². The summed E-state index contributed by atoms with van der Waals surface area (Å²) in [6, 6.07) is 12.8. The van der Waals surface area contributed by atoms with Crippen molar-refractivity contribution in [1.82, 2.24) is 15.1 Å². The lowest BCUT2D eigenvalue weighted by Gasteiger charge is -2.22. The number of hydrogen-bond donors (Lipinski definition) is 1. The van der Waals surface area contributed by atoms with Crippen LogP contribution in [0, 0.1) is 5.92 Å². The van der Waals surface area contributed by atoms with E-state index in [1.54, 1.807) is 0 Å². The highest BCUT2D eigenvalue weighted by atomic mass is 35.5. The number of carbonyl (C=O) groups excluding carboxylic acids is 1. The van der Waals surface area contributed by atoms with Crippen LogP contribution in [0.15, 0.2) is 36.4 Å². The topological polar surface area (TPSA) is 61.4 Å². The summed E-state index contributed by atoms with van der Waals surface area (Å²) in [6.45, 7) is 4.41. The fraction of sp³-hybridized carbons (Fsp3) is 0.500. The molecule has 0 atom stereocenters. The molecule has 6 nitrogen and oxygen atoms in total. The van der Waals surface area contributed by atoms with Gasteiger partial charge in [-0.2, -0.15) is 0 Å². The van der Waals surface area contributed by atoms with Gasteiger partial charge in [-0.1, -0.05) is 12.1 Å². The average Bonchev–Trinajstić information content (AvgIpc) is 3.61. The van der Waals surface area contributed by atoms with Crippen LogP contribution >= 0.6 is 24.8 Å². The second kappa shape index (κ2) is 9.94. The monoisotopic (exact) mass is 449 g/mol. The molecule has 0 unspecified atom stereocenters. The summed E-state index contributed by atoms with van der Waals surface area (Å²) in [4.78, 5) is 16.8. The second-order valence-corrected chi connectivity index (χ2v) is 8.23. The summed E-state index contributed by atoms with van der Waals surface area (Å²) in [5, 5.41) is 11.9. The Morgan fingerprint density at radius 1 is 0.867 bits per heavy atom. The van der Waals surface area contributed by atoms with Gasteiger partial charge in [-0.05, 0) is 56.4 Å². The maximum atomic E-state index is 11.9. The number of carbonyl (C=O) groups is 1. The van der Waals surface area contributed by atoms with Crippen LogP contribution in [0.5, 0.6) is 0 Å². The van der Waals surface area contributed by atoms with Crippen molar-refractivity contribution in [2.75, 3.05) is 36.4 Å². The number of benzene rings is 1. The SMILES string of the molecule is Cl.Cl.O=C(Nc1ccc(-c2ccc(N3CCCN(C4CC4)CC3)nn2)cc1)C1CC1. The molecule has 2 aromatic rings. The van der Waals surface area contributed by atoms with E-state index in [2.05, 4.69) is 31.4 Å². The van der Waals surface area contributed by atoms with E-state index in [0.717, 1.165) is 61.3 Å². The fourth-order valence-corrected chi connectivity index (χ4v) is 3.93. The Morgan fingerprint density at radius 3 is 2.27 bits per heavy atom. The Bertz CT molecular complexity index is 838. The molecule has 1 N–H and O–H groups in total. The number of nitrogens with one attached hydrogen (secondary N) is 1. The van der Waals surface area contributed by atoms with Gasteiger partial charge in [0.15, 0.2) is 5.82 Å². The van der Waals surface area contributed by atoms with E-state index in [-0.39, 0.29) is 36.6 Å². The smallest absolute Gasteiger partial charge is 0.227 e. The average molecular weight is 450 g/mol. The number of anilines is 2. The van der Waals surface area contributed by atoms with Crippen molar-refractivity contribution in [3.63, 3.8) is 0 Å². The minimum atomic E-state index is 0. The Labute approximate surface area is 190 Å². The summed E-state index contributed by atoms with van der Waals surface area (Å²) in [5.74, 6) is 1.32. The van der Waals surface area contributed by atoms with Gasteiger partial charge in [0, 0.05) is 49.4 Å². The summed E-state index contributed by atoms with van der Waals surface area (Å²) in [6.07, 6.45) is 5.96. The third-order valence-corrected chi connectivity index (χ3v) is 5.96. The van der Waals surface area contributed by atoms with E-state index < -0.39 is 0 Å². The summed E-state index contributed by atoms with van der Waals surface area (Å²) >= 11 is 0. The number of hydrogen-bond acceptors (Lipinski definition) is 5. The van der Waals surface area contributed by atoms with Crippen molar-refractivity contribution in [3.05, 3.63) is 36.4 Å². The van der Waals surface area contributed by atoms with Crippen LogP contribution in [-0.4, -0.2) is 53.2 Å². The molecule has 2 heterocycles. The van der Waals surface area contributed by atoms with Gasteiger partial charge in [0.1, 0.15) is 0 Å². The molecule has 30 heavy (non-hydrogen) atoms. The molecule has 2 saturated carbocycles. The predicted molar refractivity (Wildman–Crippen MR) is 125 cm³/mol. The van der Waals surface area contributed by atoms with E-state index in [1.165, 1.54) is 25.8 Å². The van der Waals surface area contributed by atoms with Gasteiger partial charge >= 0.3 is 0 Å². The van der Waals surface area contributed by atoms with E-state index in [4.69, 9.17) is 0 Å². The van der Waals surface area contributed by atoms with Crippen molar-refractivity contribution in [3.8, 4) is 11.3 Å². The highest BCUT2D eigenvalue weighted by Gasteiger charge is 2.30. The van der Waals surface area contributed by atoms with E-state index in [9.17, 15) is 4.79 Å². The Balaban J connectivity index is 0.00000128. The highest BCUT2D eigenvalue weighted by Crippen LogP contribution is 2.31. The molecule has 162 valence electrons. The van der Waals surface area contributed by atoms with Crippen LogP contribution in [0.1, 0.15) is 32.1 Å². The minimum Gasteiger partial charge on any atom is -0.354 e. The standard InChI is InChI=1S/C22H27N5O.2ClH/c28-22(17-2-3-17)23-18-6-4-16(5-7-18)20-10-11-21(25-24-20)27-13-1-12-26(14-15-27)19-8-9-19;;/h4-7,10-11,17,19H,1-3,8-9,12-15H2,(H,23,28);2*1H. The van der Waals surface area contributed by atoms with Crippen LogP contribution in [0.25, 0.3) is 11.3 Å². The Kier molecular flexibility index (Phi) is 7.55. The largest absolute Gasteiger partial charge is 0.354 e. The molecule has 1 aromatic heterocycles. The second-order valence-electron chi connectivity index (χ2n) is 8.23. The third-order valence-electron chi connectivity index (χ3n) is 5.96. The minimum absolute atomic E-state index is 0. The molecule has 3 fully saturated rings. The third kappa shape index (κ3) is 5.42. The van der Waals surface area contributed by atoms with Gasteiger partial charge in [0.25, 0.3) is 0 Å². The van der Waals surface area contributed by atoms with E-state index in [0.29, 0.717) is 0 Å². The lowest BCUT2D eigenvalue weighted by Crippen LogP contribution is -2.32. The molecular formula is C22H29Cl2N5O. The normalized spacial score (nSPS) is 19.3. The highest BCUT2D eigenvalue weighted by molar-refractivity contribution is 5.94. The Morgan fingerprint density at radius 2 is 1.63 bits per heavy atom. The first-order valence-corrected chi connectivity index (χ1v) is 10.5. The first-order valence-electron chi connectivity index (χ1n) is 10.5. The number of aromatic nitrogens is 2. The first kappa shape index (κ1) is 22.8. The molecule has 0 radical (unpaired) electrons. The first-order chi connectivity index (χ1) is 13.8. The van der Waals surface area contributed by atoms with Gasteiger partial charge in [-0.3, -0.25) is 9.69 Å². The molecule has 5 rings (SSSR count). The maximum absolute atomic E-state index is 11.9. The van der Waals surface area contributed by atoms with Crippen molar-refractivity contribution in [1.29, 1.82) is 0 Å². The van der Waals surface area contributed by atoms with Crippen molar-refractivity contribution in [2.45, 2.75) is 38.1 Å². The zero-order chi connectivity index (χ0) is 18.9. The van der Waals surface area contributed by atoms with Crippen molar-refractivity contribution < 1.29 is 4.79 Å². The van der Waals surface area contributed by atoms with Crippen molar-refractivity contribution in [2.24, 2.45) is 5.92 Å². The van der Waals surface area contributed by atoms with Gasteiger partial charge < -0.3 is 10.2 Å². The maximum Gasteiger partial charge on any atom is 0.227 e. The number of amides is 1. The van der Waals surface area contributed by atoms with Crippen LogP contribution in [0.4, 0.5) is 11.5 Å². The number of halogens is 2. The molecule has 1 aliphatic heterocycles. The lowest BCUT2D eigenvalue weighted by atomic mass is 10.1. The molecule has 0 bridgehead atoms. The quantitative estimate of drug-likeness (QED) is 0.746. The zero-order valence-corrected chi connectivity index (χ0v) is 18.6. The Hall–Kier alpha value is -1.89. The lowest BCUT2D eigenvalue weighted by molar-refractivity contribution is -0.117. The predicted octanol–water partition coefficient (Wildman–Crippen LogP) is 4.01. The van der Waals surface area contributed by atoms with Gasteiger partial charge in [-0.15, -0.1) is 35.0 Å². The summed E-state index contributed by atoms with van der Waals surface area (Å²) in [5.41, 5.74) is 2.72. The molecule has 1 aromatic carbocycles. The van der Waals surface area contributed by atoms with Crippen LogP contribution in [0.2, 0.25) is 0 Å². The summed E-state index contributed by atoms with van der Waals surface area (Å²) < 4.78 is 0. The molecular weight excluding hydrogens is 421 g/mol. The number of nitrogens with zero attached hydrogens (tertiary/aromatic N) is 4. The number of rotatable bonds is 5. The van der Waals surface area contributed by atoms with Crippen LogP contribution < -0.4 is 10.2 Å². The van der Waals surface area contributed by atoms with Crippen molar-refractivity contribution >= 4 is 42.2 Å². The van der Waals surface area contributed by atoms with Crippen LogP contribution in [-0.2, 0) is 4.79 Å². The zero-order valence-electron chi connectivity index (χ0n) is 17.0. The molecule has 8 heteroatoms. The molecule has 3 aliphatic rings. The van der Waals surface area contributed by atoms with E-state index in [1.807, 2.05) is 30.3 Å². The van der Waals surface area contributed by atoms with Crippen LogP contribution in [0.3, 0.4) is 0 Å². The van der Waals surface area contributed by atoms with Gasteiger partial charge in [0.05, 0.1) is 5.69 Å². The fourth-order valence-electron chi connectivity index (χ4n) is 3.93. The molecule has 1 saturated heterocycles. The summed E-state index contributed by atoms with van der Waals surface area (Å²) in [7, 11) is 0. The molecule has 1 amide bonds. The van der Waals surface area contributed by atoms with Gasteiger partial charge in [0.2, 0.25) is 5.91 Å².